The van der Waals surface area contributed by atoms with Gasteiger partial charge in [0.15, 0.2) is 0 Å². The minimum Gasteiger partial charge on any atom is -0.492 e. The molecule has 2 heterocycles. The summed E-state index contributed by atoms with van der Waals surface area (Å²) in [4.78, 5) is 3.90. The molecule has 3 atom stereocenters. The number of alkyl halides is 3. The molecule has 8 heteroatoms. The van der Waals surface area contributed by atoms with Crippen molar-refractivity contribution < 1.29 is 28.1 Å². The predicted octanol–water partition coefficient (Wildman–Crippen LogP) is 3.98. The Morgan fingerprint density at radius 1 is 1.14 bits per heavy atom. The first-order valence-electron chi connectivity index (χ1n) is 12.3. The SMILES string of the molecule is C[C@@H]1Cc2cc([C@@H](C)O)ccc2[C@@H](c2ccc(OCCN3CC(CF)C3)cc2)N1CC(F)(F)CO. The molecule has 35 heavy (non-hydrogen) atoms. The zero-order valence-electron chi connectivity index (χ0n) is 20.3. The van der Waals surface area contributed by atoms with Crippen molar-refractivity contribution in [3.05, 3.63) is 64.7 Å². The quantitative estimate of drug-likeness (QED) is 0.526. The van der Waals surface area contributed by atoms with Gasteiger partial charge in [0.2, 0.25) is 0 Å². The topological polar surface area (TPSA) is 56.2 Å². The second kappa shape index (κ2) is 10.9. The average Bonchev–Trinajstić information content (AvgIpc) is 2.81. The monoisotopic (exact) mass is 492 g/mol. The Hall–Kier alpha value is -2.13. The number of likely N-dealkylation sites (tertiary alicyclic amines) is 1. The largest absolute Gasteiger partial charge is 0.492 e. The van der Waals surface area contributed by atoms with Crippen molar-refractivity contribution >= 4 is 0 Å². The molecule has 0 aliphatic carbocycles. The molecule has 0 aromatic heterocycles. The minimum absolute atomic E-state index is 0.146. The fraction of sp³-hybridized carbons (Fsp3) is 0.556. The van der Waals surface area contributed by atoms with Crippen LogP contribution in [-0.2, 0) is 6.42 Å². The van der Waals surface area contributed by atoms with Gasteiger partial charge in [0.25, 0.3) is 5.92 Å². The lowest BCUT2D eigenvalue weighted by molar-refractivity contribution is -0.0862. The number of fused-ring (bicyclic) bond motifs is 1. The van der Waals surface area contributed by atoms with Crippen LogP contribution in [0.2, 0.25) is 0 Å². The molecule has 1 saturated heterocycles. The summed E-state index contributed by atoms with van der Waals surface area (Å²) < 4.78 is 47.1. The number of benzene rings is 2. The van der Waals surface area contributed by atoms with Crippen molar-refractivity contribution in [1.82, 2.24) is 9.80 Å². The van der Waals surface area contributed by atoms with E-state index in [0.717, 1.165) is 41.9 Å². The highest BCUT2D eigenvalue weighted by Crippen LogP contribution is 2.40. The summed E-state index contributed by atoms with van der Waals surface area (Å²) in [6.07, 6.45) is -0.0316. The number of aliphatic hydroxyl groups excluding tert-OH is 2. The van der Waals surface area contributed by atoms with Crippen molar-refractivity contribution in [2.75, 3.05) is 46.1 Å². The molecule has 4 rings (SSSR count). The summed E-state index contributed by atoms with van der Waals surface area (Å²) >= 11 is 0. The molecule has 2 aromatic rings. The van der Waals surface area contributed by atoms with Crippen molar-refractivity contribution in [3.8, 4) is 5.75 Å². The number of ether oxygens (including phenoxy) is 1. The predicted molar refractivity (Wildman–Crippen MR) is 129 cm³/mol. The van der Waals surface area contributed by atoms with Crippen LogP contribution >= 0.6 is 0 Å². The molecular weight excluding hydrogens is 457 g/mol. The van der Waals surface area contributed by atoms with Crippen LogP contribution in [0.25, 0.3) is 0 Å². The van der Waals surface area contributed by atoms with Gasteiger partial charge >= 0.3 is 0 Å². The average molecular weight is 493 g/mol. The molecule has 0 unspecified atom stereocenters. The number of hydrogen-bond acceptors (Lipinski definition) is 5. The maximum absolute atomic E-state index is 14.3. The van der Waals surface area contributed by atoms with E-state index in [-0.39, 0.29) is 18.6 Å². The van der Waals surface area contributed by atoms with E-state index in [0.29, 0.717) is 18.8 Å². The van der Waals surface area contributed by atoms with Gasteiger partial charge in [-0.1, -0.05) is 30.3 Å². The van der Waals surface area contributed by atoms with E-state index < -0.39 is 31.2 Å². The van der Waals surface area contributed by atoms with Crippen LogP contribution in [0.1, 0.15) is 48.2 Å². The van der Waals surface area contributed by atoms with E-state index in [1.807, 2.05) is 49.4 Å². The summed E-state index contributed by atoms with van der Waals surface area (Å²) in [6, 6.07) is 12.6. The Morgan fingerprint density at radius 2 is 1.86 bits per heavy atom. The van der Waals surface area contributed by atoms with Gasteiger partial charge in [0.05, 0.1) is 25.4 Å². The molecule has 2 N–H and O–H groups in total. The van der Waals surface area contributed by atoms with Crippen LogP contribution < -0.4 is 4.74 Å². The third-order valence-electron chi connectivity index (χ3n) is 7.13. The van der Waals surface area contributed by atoms with Gasteiger partial charge in [-0.2, -0.15) is 0 Å². The number of hydrogen-bond donors (Lipinski definition) is 2. The third kappa shape index (κ3) is 6.00. The van der Waals surface area contributed by atoms with E-state index in [9.17, 15) is 23.4 Å². The van der Waals surface area contributed by atoms with Crippen LogP contribution in [0.15, 0.2) is 42.5 Å². The second-order valence-corrected chi connectivity index (χ2v) is 9.97. The van der Waals surface area contributed by atoms with Gasteiger partial charge in [-0.05, 0) is 54.7 Å². The smallest absolute Gasteiger partial charge is 0.283 e. The first kappa shape index (κ1) is 25.9. The van der Waals surface area contributed by atoms with E-state index in [1.54, 1.807) is 11.8 Å². The second-order valence-electron chi connectivity index (χ2n) is 9.97. The highest BCUT2D eigenvalue weighted by atomic mass is 19.3. The molecule has 2 aliphatic rings. The zero-order valence-corrected chi connectivity index (χ0v) is 20.3. The van der Waals surface area contributed by atoms with Gasteiger partial charge < -0.3 is 14.9 Å². The zero-order chi connectivity index (χ0) is 25.2. The van der Waals surface area contributed by atoms with Crippen LogP contribution in [0.4, 0.5) is 13.2 Å². The number of rotatable bonds is 10. The van der Waals surface area contributed by atoms with Gasteiger partial charge in [0, 0.05) is 31.6 Å². The lowest BCUT2D eigenvalue weighted by atomic mass is 9.83. The maximum atomic E-state index is 14.3. The first-order chi connectivity index (χ1) is 16.7. The Kier molecular flexibility index (Phi) is 8.06. The third-order valence-corrected chi connectivity index (χ3v) is 7.13. The molecular formula is C27H35F3N2O3. The van der Waals surface area contributed by atoms with Crippen molar-refractivity contribution in [3.63, 3.8) is 0 Å². The van der Waals surface area contributed by atoms with E-state index in [1.165, 1.54) is 0 Å². The van der Waals surface area contributed by atoms with Crippen molar-refractivity contribution in [1.29, 1.82) is 0 Å². The Morgan fingerprint density at radius 3 is 2.49 bits per heavy atom. The Balaban J connectivity index is 1.54. The lowest BCUT2D eigenvalue weighted by Crippen LogP contribution is -2.49. The Labute approximate surface area is 205 Å². The van der Waals surface area contributed by atoms with Gasteiger partial charge in [0.1, 0.15) is 19.0 Å². The van der Waals surface area contributed by atoms with E-state index in [4.69, 9.17) is 4.74 Å². The highest BCUT2D eigenvalue weighted by molar-refractivity contribution is 5.44. The number of aliphatic hydroxyl groups is 2. The van der Waals surface area contributed by atoms with Crippen LogP contribution in [0.3, 0.4) is 0 Å². The standard InChI is InChI=1S/C27H35F3N2O3/c1-18-11-23-12-22(19(2)34)5-8-25(23)26(32(18)16-27(29,30)17-33)21-3-6-24(7-4-21)35-10-9-31-14-20(13-28)15-31/h3-8,12,18-20,26,33-34H,9-11,13-17H2,1-2H3/t18-,19-,26-/m1/s1. The summed E-state index contributed by atoms with van der Waals surface area (Å²) in [5.74, 6) is -2.38. The molecule has 0 radical (unpaired) electrons. The molecule has 5 nitrogen and oxygen atoms in total. The van der Waals surface area contributed by atoms with E-state index >= 15 is 0 Å². The summed E-state index contributed by atoms with van der Waals surface area (Å²) in [5.41, 5.74) is 3.62. The molecule has 0 spiro atoms. The van der Waals surface area contributed by atoms with Crippen LogP contribution in [0.5, 0.6) is 5.75 Å². The van der Waals surface area contributed by atoms with Crippen LogP contribution in [0, 0.1) is 5.92 Å². The normalized spacial score (nSPS) is 22.5. The van der Waals surface area contributed by atoms with Gasteiger partial charge in [-0.15, -0.1) is 0 Å². The molecule has 2 aliphatic heterocycles. The molecule has 0 bridgehead atoms. The van der Waals surface area contributed by atoms with Gasteiger partial charge in [-0.3, -0.25) is 14.2 Å². The first-order valence-corrected chi connectivity index (χ1v) is 12.3. The van der Waals surface area contributed by atoms with E-state index in [2.05, 4.69) is 4.90 Å². The molecule has 1 fully saturated rings. The molecule has 0 saturated carbocycles. The summed E-state index contributed by atoms with van der Waals surface area (Å²) in [6.45, 7) is 4.36. The van der Waals surface area contributed by atoms with Crippen molar-refractivity contribution in [2.24, 2.45) is 5.92 Å². The molecule has 0 amide bonds. The van der Waals surface area contributed by atoms with Crippen molar-refractivity contribution in [2.45, 2.75) is 44.4 Å². The Bertz CT molecular complexity index is 980. The maximum Gasteiger partial charge on any atom is 0.283 e. The summed E-state index contributed by atoms with van der Waals surface area (Å²) in [7, 11) is 0. The number of nitrogens with zero attached hydrogens (tertiary/aromatic N) is 2. The fourth-order valence-electron chi connectivity index (χ4n) is 5.13. The molecule has 2 aromatic carbocycles. The molecule has 192 valence electrons. The van der Waals surface area contributed by atoms with Crippen LogP contribution in [-0.4, -0.2) is 78.0 Å². The minimum atomic E-state index is -3.22. The highest BCUT2D eigenvalue weighted by Gasteiger charge is 2.40. The fourth-order valence-corrected chi connectivity index (χ4v) is 5.13. The lowest BCUT2D eigenvalue weighted by Gasteiger charge is -2.43. The van der Waals surface area contributed by atoms with Gasteiger partial charge in [-0.25, -0.2) is 8.78 Å². The summed E-state index contributed by atoms with van der Waals surface area (Å²) in [5, 5.41) is 19.2. The number of halogens is 3.